The van der Waals surface area contributed by atoms with Crippen LogP contribution in [-0.2, 0) is 6.54 Å². The molecule has 0 aromatic carbocycles. The number of aliphatic imine (C=N–C) groups is 1. The first-order valence-corrected chi connectivity index (χ1v) is 10.8. The Morgan fingerprint density at radius 1 is 1.15 bits per heavy atom. The number of halogens is 2. The zero-order valence-corrected chi connectivity index (χ0v) is 19.8. The Balaban J connectivity index is 0.00000210. The third kappa shape index (κ3) is 5.48. The molecule has 4 fully saturated rings. The second kappa shape index (κ2) is 10.1. The number of hydrogen-bond donors (Lipinski definition) is 1. The lowest BCUT2D eigenvalue weighted by Crippen LogP contribution is -2.64. The Morgan fingerprint density at radius 3 is 2.44 bits per heavy atom. The zero-order chi connectivity index (χ0) is 17.9. The molecule has 0 radical (unpaired) electrons. The van der Waals surface area contributed by atoms with E-state index in [1.165, 1.54) is 37.6 Å². The van der Waals surface area contributed by atoms with Crippen LogP contribution in [0.15, 0.2) is 17.1 Å². The van der Waals surface area contributed by atoms with Crippen molar-refractivity contribution in [2.45, 2.75) is 12.6 Å². The van der Waals surface area contributed by atoms with Crippen molar-refractivity contribution in [3.63, 3.8) is 0 Å². The van der Waals surface area contributed by atoms with Gasteiger partial charge < -0.3 is 10.2 Å². The highest BCUT2D eigenvalue weighted by molar-refractivity contribution is 14.0. The molecule has 4 aliphatic rings. The minimum atomic E-state index is 0. The van der Waals surface area contributed by atoms with E-state index in [1.54, 1.807) is 11.3 Å². The van der Waals surface area contributed by atoms with Crippen molar-refractivity contribution in [2.24, 2.45) is 4.99 Å². The molecule has 9 heteroatoms. The summed E-state index contributed by atoms with van der Waals surface area (Å²) in [7, 11) is 1.90. The van der Waals surface area contributed by atoms with Gasteiger partial charge in [-0.1, -0.05) is 11.6 Å². The number of fused-ring (bicyclic) bond motifs is 3. The Morgan fingerprint density at radius 2 is 1.89 bits per heavy atom. The van der Waals surface area contributed by atoms with Crippen LogP contribution in [0.4, 0.5) is 0 Å². The van der Waals surface area contributed by atoms with Gasteiger partial charge in [0, 0.05) is 90.0 Å². The van der Waals surface area contributed by atoms with Crippen molar-refractivity contribution in [2.75, 3.05) is 72.5 Å². The molecule has 6 nitrogen and oxygen atoms in total. The molecular weight excluding hydrogens is 495 g/mol. The van der Waals surface area contributed by atoms with Crippen molar-refractivity contribution < 1.29 is 0 Å². The molecule has 1 aromatic heterocycles. The van der Waals surface area contributed by atoms with E-state index in [0.717, 1.165) is 49.6 Å². The van der Waals surface area contributed by atoms with Gasteiger partial charge in [-0.15, -0.1) is 35.3 Å². The summed E-state index contributed by atoms with van der Waals surface area (Å²) in [6.45, 7) is 12.3. The minimum Gasteiger partial charge on any atom is -0.355 e. The lowest BCUT2D eigenvalue weighted by molar-refractivity contribution is 0.0151. The number of thiophene rings is 1. The minimum absolute atomic E-state index is 0. The number of nitrogens with one attached hydrogen (secondary N) is 1. The van der Waals surface area contributed by atoms with E-state index in [-0.39, 0.29) is 24.0 Å². The molecular formula is C18H30ClIN6S. The quantitative estimate of drug-likeness (QED) is 0.369. The number of guanidine groups is 1. The normalized spacial score (nSPS) is 28.9. The molecule has 5 rings (SSSR count). The van der Waals surface area contributed by atoms with E-state index in [0.29, 0.717) is 6.04 Å². The van der Waals surface area contributed by atoms with Gasteiger partial charge in [-0.2, -0.15) is 0 Å². The van der Waals surface area contributed by atoms with Crippen LogP contribution in [0.2, 0.25) is 4.34 Å². The summed E-state index contributed by atoms with van der Waals surface area (Å²) in [6.07, 6.45) is 0. The first-order chi connectivity index (χ1) is 12.7. The molecule has 1 atom stereocenters. The molecule has 4 aliphatic heterocycles. The number of nitrogens with zero attached hydrogens (tertiary/aromatic N) is 5. The predicted octanol–water partition coefficient (Wildman–Crippen LogP) is 1.71. The molecule has 1 unspecified atom stereocenters. The van der Waals surface area contributed by atoms with Crippen LogP contribution in [0.1, 0.15) is 4.88 Å². The molecule has 5 heterocycles. The van der Waals surface area contributed by atoms with E-state index in [4.69, 9.17) is 11.6 Å². The first kappa shape index (κ1) is 21.6. The van der Waals surface area contributed by atoms with Crippen molar-refractivity contribution >= 4 is 52.9 Å². The maximum absolute atomic E-state index is 6.05. The van der Waals surface area contributed by atoms with Crippen LogP contribution in [0.5, 0.6) is 0 Å². The fourth-order valence-electron chi connectivity index (χ4n) is 4.23. The van der Waals surface area contributed by atoms with Crippen molar-refractivity contribution in [3.05, 3.63) is 21.3 Å². The largest absolute Gasteiger partial charge is 0.355 e. The summed E-state index contributed by atoms with van der Waals surface area (Å²) in [4.78, 5) is 16.0. The van der Waals surface area contributed by atoms with Gasteiger partial charge >= 0.3 is 0 Å². The molecule has 0 saturated carbocycles. The van der Waals surface area contributed by atoms with Crippen molar-refractivity contribution in [1.82, 2.24) is 24.9 Å². The van der Waals surface area contributed by atoms with E-state index in [9.17, 15) is 0 Å². The Labute approximate surface area is 188 Å². The predicted molar refractivity (Wildman–Crippen MR) is 125 cm³/mol. The van der Waals surface area contributed by atoms with Gasteiger partial charge in [-0.05, 0) is 12.1 Å². The molecule has 27 heavy (non-hydrogen) atoms. The molecule has 0 amide bonds. The number of hydrogen-bond acceptors (Lipinski definition) is 5. The summed E-state index contributed by atoms with van der Waals surface area (Å²) >= 11 is 7.73. The molecule has 1 aromatic rings. The lowest BCUT2D eigenvalue weighted by Gasteiger charge is -2.47. The first-order valence-electron chi connectivity index (χ1n) is 9.60. The van der Waals surface area contributed by atoms with Crippen LogP contribution < -0.4 is 5.32 Å². The van der Waals surface area contributed by atoms with E-state index in [2.05, 4.69) is 36.0 Å². The standard InChI is InChI=1S/C18H29ClN6S.HI/c1-20-18(21-12-15-13-22-4-8-24(15)9-5-22)25-10-6-23(7-11-25)14-16-2-3-17(19)26-16;/h2-3,15H,4-14H2,1H3,(H,20,21);1H. The van der Waals surface area contributed by atoms with E-state index >= 15 is 0 Å². The molecule has 152 valence electrons. The Bertz CT molecular complexity index is 625. The van der Waals surface area contributed by atoms with Crippen molar-refractivity contribution in [1.29, 1.82) is 0 Å². The molecule has 0 aliphatic carbocycles. The van der Waals surface area contributed by atoms with Crippen LogP contribution >= 0.6 is 46.9 Å². The van der Waals surface area contributed by atoms with Crippen LogP contribution in [0, 0.1) is 0 Å². The van der Waals surface area contributed by atoms with Gasteiger partial charge in [-0.25, -0.2) is 0 Å². The molecule has 2 bridgehead atoms. The van der Waals surface area contributed by atoms with E-state index < -0.39 is 0 Å². The summed E-state index contributed by atoms with van der Waals surface area (Å²) in [6, 6.07) is 4.76. The van der Waals surface area contributed by atoms with Crippen LogP contribution in [-0.4, -0.2) is 104 Å². The van der Waals surface area contributed by atoms with Crippen molar-refractivity contribution in [3.8, 4) is 0 Å². The van der Waals surface area contributed by atoms with Gasteiger partial charge in [0.1, 0.15) is 0 Å². The smallest absolute Gasteiger partial charge is 0.193 e. The molecule has 1 N–H and O–H groups in total. The summed E-state index contributed by atoms with van der Waals surface area (Å²) in [5, 5.41) is 3.64. The highest BCUT2D eigenvalue weighted by atomic mass is 127. The highest BCUT2D eigenvalue weighted by Gasteiger charge is 2.32. The van der Waals surface area contributed by atoms with E-state index in [1.807, 2.05) is 13.1 Å². The lowest BCUT2D eigenvalue weighted by atomic mass is 10.1. The third-order valence-corrected chi connectivity index (χ3v) is 7.00. The Kier molecular flexibility index (Phi) is 8.04. The van der Waals surface area contributed by atoms with Crippen LogP contribution in [0.3, 0.4) is 0 Å². The van der Waals surface area contributed by atoms with Crippen LogP contribution in [0.25, 0.3) is 0 Å². The third-order valence-electron chi connectivity index (χ3n) is 5.78. The number of rotatable bonds is 4. The second-order valence-electron chi connectivity index (χ2n) is 7.39. The fraction of sp³-hybridized carbons (Fsp3) is 0.722. The molecule has 4 saturated heterocycles. The molecule has 0 spiro atoms. The second-order valence-corrected chi connectivity index (χ2v) is 9.19. The summed E-state index contributed by atoms with van der Waals surface area (Å²) in [5.41, 5.74) is 0. The average Bonchev–Trinajstić information content (AvgIpc) is 3.09. The summed E-state index contributed by atoms with van der Waals surface area (Å²) in [5.74, 6) is 1.06. The monoisotopic (exact) mass is 524 g/mol. The van der Waals surface area contributed by atoms with Gasteiger partial charge in [0.15, 0.2) is 5.96 Å². The topological polar surface area (TPSA) is 37.4 Å². The Hall–Kier alpha value is -0.130. The highest BCUT2D eigenvalue weighted by Crippen LogP contribution is 2.23. The SMILES string of the molecule is CN=C(NCC1CN2CCN1CC2)N1CCN(Cc2ccc(Cl)s2)CC1.I. The fourth-order valence-corrected chi connectivity index (χ4v) is 5.36. The van der Waals surface area contributed by atoms with Gasteiger partial charge in [0.25, 0.3) is 0 Å². The van der Waals surface area contributed by atoms with Gasteiger partial charge in [-0.3, -0.25) is 19.7 Å². The van der Waals surface area contributed by atoms with Gasteiger partial charge in [0.05, 0.1) is 4.34 Å². The van der Waals surface area contributed by atoms with Gasteiger partial charge in [0.2, 0.25) is 0 Å². The maximum atomic E-state index is 6.05. The number of piperazine rings is 4. The summed E-state index contributed by atoms with van der Waals surface area (Å²) < 4.78 is 0.881. The maximum Gasteiger partial charge on any atom is 0.193 e. The average molecular weight is 525 g/mol. The zero-order valence-electron chi connectivity index (χ0n) is 15.9.